The van der Waals surface area contributed by atoms with E-state index >= 15 is 0 Å². The molecule has 1 aromatic carbocycles. The number of hydrogen-bond donors (Lipinski definition) is 0. The molecule has 0 radical (unpaired) electrons. The van der Waals surface area contributed by atoms with Crippen LogP contribution in [0.3, 0.4) is 0 Å². The number of nitrogens with zero attached hydrogens (tertiary/aromatic N) is 3. The van der Waals surface area contributed by atoms with Gasteiger partial charge in [0.15, 0.2) is 0 Å². The molecule has 0 N–H and O–H groups in total. The van der Waals surface area contributed by atoms with Gasteiger partial charge in [0, 0.05) is 11.3 Å². The smallest absolute Gasteiger partial charge is 0.143 e. The average Bonchev–Trinajstić information content (AvgIpc) is 2.41. The van der Waals surface area contributed by atoms with Crippen molar-refractivity contribution in [3.63, 3.8) is 0 Å². The number of rotatable bonds is 3. The summed E-state index contributed by atoms with van der Waals surface area (Å²) in [5.74, 6) is 1.33. The van der Waals surface area contributed by atoms with Gasteiger partial charge in [-0.3, -0.25) is 0 Å². The maximum Gasteiger partial charge on any atom is 0.143 e. The first-order valence-electron chi connectivity index (χ1n) is 6.42. The average molecular weight is 267 g/mol. The molecule has 4 nitrogen and oxygen atoms in total. The minimum Gasteiger partial charge on any atom is -0.496 e. The molecule has 102 valence electrons. The molecule has 0 spiro atoms. The van der Waals surface area contributed by atoms with Crippen LogP contribution >= 0.6 is 0 Å². The molecule has 2 aromatic rings. The Labute approximate surface area is 119 Å². The largest absolute Gasteiger partial charge is 0.496 e. The molecule has 4 heteroatoms. The molecule has 1 heterocycles. The Kier molecular flexibility index (Phi) is 3.99. The van der Waals surface area contributed by atoms with Gasteiger partial charge in [0.2, 0.25) is 0 Å². The molecular formula is C16H17N3O. The van der Waals surface area contributed by atoms with Gasteiger partial charge in [-0.25, -0.2) is 9.97 Å². The van der Waals surface area contributed by atoms with Crippen LogP contribution in [-0.4, -0.2) is 17.1 Å². The van der Waals surface area contributed by atoms with Crippen LogP contribution < -0.4 is 4.74 Å². The lowest BCUT2D eigenvalue weighted by atomic mass is 10.0. The van der Waals surface area contributed by atoms with E-state index in [0.29, 0.717) is 5.82 Å². The minimum atomic E-state index is 0.210. The minimum absolute atomic E-state index is 0.210. The molecule has 0 amide bonds. The summed E-state index contributed by atoms with van der Waals surface area (Å²) < 4.78 is 5.45. The lowest BCUT2D eigenvalue weighted by Crippen LogP contribution is -2.00. The van der Waals surface area contributed by atoms with Gasteiger partial charge in [-0.2, -0.15) is 5.26 Å². The Hall–Kier alpha value is -2.41. The maximum atomic E-state index is 8.80. The Balaban J connectivity index is 2.62. The van der Waals surface area contributed by atoms with E-state index in [4.69, 9.17) is 10.00 Å². The van der Waals surface area contributed by atoms with E-state index in [1.165, 1.54) is 11.1 Å². The van der Waals surface area contributed by atoms with Gasteiger partial charge >= 0.3 is 0 Å². The first kappa shape index (κ1) is 14.0. The van der Waals surface area contributed by atoms with Gasteiger partial charge in [-0.05, 0) is 50.1 Å². The Morgan fingerprint density at radius 3 is 2.45 bits per heavy atom. The summed E-state index contributed by atoms with van der Waals surface area (Å²) >= 11 is 0. The summed E-state index contributed by atoms with van der Waals surface area (Å²) in [5.41, 5.74) is 4.93. The van der Waals surface area contributed by atoms with Crippen molar-refractivity contribution in [1.29, 1.82) is 5.26 Å². The highest BCUT2D eigenvalue weighted by atomic mass is 16.5. The van der Waals surface area contributed by atoms with Crippen LogP contribution in [0.4, 0.5) is 0 Å². The van der Waals surface area contributed by atoms with Gasteiger partial charge in [-0.1, -0.05) is 0 Å². The highest BCUT2D eigenvalue weighted by Crippen LogP contribution is 2.31. The monoisotopic (exact) mass is 267 g/mol. The van der Waals surface area contributed by atoms with Crippen molar-refractivity contribution in [1.82, 2.24) is 9.97 Å². The predicted octanol–water partition coefficient (Wildman–Crippen LogP) is 3.14. The number of ether oxygens (including phenoxy) is 1. The van der Waals surface area contributed by atoms with Crippen LogP contribution in [-0.2, 0) is 6.42 Å². The first-order chi connectivity index (χ1) is 9.55. The maximum absolute atomic E-state index is 8.80. The van der Waals surface area contributed by atoms with E-state index in [1.807, 2.05) is 26.0 Å². The molecule has 0 aliphatic carbocycles. The zero-order valence-electron chi connectivity index (χ0n) is 12.2. The number of nitriles is 1. The number of methoxy groups -OCH3 is 1. The van der Waals surface area contributed by atoms with Gasteiger partial charge in [0.05, 0.1) is 25.3 Å². The summed E-state index contributed by atoms with van der Waals surface area (Å²) in [5, 5.41) is 8.80. The normalized spacial score (nSPS) is 10.2. The summed E-state index contributed by atoms with van der Waals surface area (Å²) in [6.45, 7) is 6.01. The Bertz CT molecular complexity index is 687. The number of aryl methyl sites for hydroxylation is 3. The fraction of sp³-hybridized carbons (Fsp3) is 0.312. The molecule has 0 bridgehead atoms. The van der Waals surface area contributed by atoms with Crippen LogP contribution in [0.25, 0.3) is 11.3 Å². The predicted molar refractivity (Wildman–Crippen MR) is 77.5 cm³/mol. The van der Waals surface area contributed by atoms with E-state index in [1.54, 1.807) is 7.11 Å². The number of aromatic nitrogens is 2. The quantitative estimate of drug-likeness (QED) is 0.857. The second-order valence-corrected chi connectivity index (χ2v) is 4.78. The van der Waals surface area contributed by atoms with Crippen LogP contribution in [0.15, 0.2) is 18.2 Å². The number of benzene rings is 1. The van der Waals surface area contributed by atoms with Crippen LogP contribution in [0.2, 0.25) is 0 Å². The third kappa shape index (κ3) is 2.77. The Morgan fingerprint density at radius 2 is 1.80 bits per heavy atom. The lowest BCUT2D eigenvalue weighted by Gasteiger charge is -2.12. The fourth-order valence-corrected chi connectivity index (χ4v) is 2.08. The van der Waals surface area contributed by atoms with Crippen molar-refractivity contribution in [2.24, 2.45) is 0 Å². The second-order valence-electron chi connectivity index (χ2n) is 4.78. The standard InChI is InChI=1S/C16H17N3O/c1-10-7-13(15(20-4)8-11(10)2)14-9-12(3)18-16(19-14)5-6-17/h7-9H,5H2,1-4H3. The molecule has 0 saturated heterocycles. The Morgan fingerprint density at radius 1 is 1.10 bits per heavy atom. The van der Waals surface area contributed by atoms with E-state index in [9.17, 15) is 0 Å². The zero-order valence-corrected chi connectivity index (χ0v) is 12.2. The molecule has 20 heavy (non-hydrogen) atoms. The summed E-state index contributed by atoms with van der Waals surface area (Å²) in [6.07, 6.45) is 0.210. The lowest BCUT2D eigenvalue weighted by molar-refractivity contribution is 0.416. The SMILES string of the molecule is COc1cc(C)c(C)cc1-c1cc(C)nc(CC#N)n1. The first-order valence-corrected chi connectivity index (χ1v) is 6.42. The second kappa shape index (κ2) is 5.70. The van der Waals surface area contributed by atoms with Crippen LogP contribution in [0.5, 0.6) is 5.75 Å². The molecule has 2 rings (SSSR count). The summed E-state index contributed by atoms with van der Waals surface area (Å²) in [7, 11) is 1.65. The van der Waals surface area contributed by atoms with Gasteiger partial charge < -0.3 is 4.74 Å². The van der Waals surface area contributed by atoms with E-state index in [-0.39, 0.29) is 6.42 Å². The molecule has 0 saturated carbocycles. The van der Waals surface area contributed by atoms with Crippen molar-refractivity contribution < 1.29 is 4.74 Å². The molecule has 0 atom stereocenters. The van der Waals surface area contributed by atoms with Crippen molar-refractivity contribution >= 4 is 0 Å². The van der Waals surface area contributed by atoms with Crippen LogP contribution in [0.1, 0.15) is 22.6 Å². The molecule has 0 aliphatic heterocycles. The van der Waals surface area contributed by atoms with Crippen molar-refractivity contribution in [2.45, 2.75) is 27.2 Å². The topological polar surface area (TPSA) is 58.8 Å². The van der Waals surface area contributed by atoms with Gasteiger partial charge in [0.25, 0.3) is 0 Å². The molecule has 0 aliphatic rings. The zero-order chi connectivity index (χ0) is 14.7. The van der Waals surface area contributed by atoms with Gasteiger partial charge in [0.1, 0.15) is 11.6 Å². The summed E-state index contributed by atoms with van der Waals surface area (Å²) in [4.78, 5) is 8.73. The molecular weight excluding hydrogens is 250 g/mol. The third-order valence-corrected chi connectivity index (χ3v) is 3.23. The summed E-state index contributed by atoms with van der Waals surface area (Å²) in [6, 6.07) is 8.06. The fourth-order valence-electron chi connectivity index (χ4n) is 2.08. The van der Waals surface area contributed by atoms with E-state index in [2.05, 4.69) is 29.0 Å². The van der Waals surface area contributed by atoms with Gasteiger partial charge in [-0.15, -0.1) is 0 Å². The van der Waals surface area contributed by atoms with Crippen molar-refractivity contribution in [3.05, 3.63) is 40.8 Å². The van der Waals surface area contributed by atoms with E-state index < -0.39 is 0 Å². The highest BCUT2D eigenvalue weighted by molar-refractivity contribution is 5.69. The van der Waals surface area contributed by atoms with E-state index in [0.717, 1.165) is 22.7 Å². The molecule has 0 fully saturated rings. The third-order valence-electron chi connectivity index (χ3n) is 3.23. The van der Waals surface area contributed by atoms with Crippen molar-refractivity contribution in [2.75, 3.05) is 7.11 Å². The number of hydrogen-bond acceptors (Lipinski definition) is 4. The van der Waals surface area contributed by atoms with Crippen LogP contribution in [0, 0.1) is 32.1 Å². The highest BCUT2D eigenvalue weighted by Gasteiger charge is 2.11. The van der Waals surface area contributed by atoms with Crippen molar-refractivity contribution in [3.8, 4) is 23.1 Å². The molecule has 0 unspecified atom stereocenters. The molecule has 1 aromatic heterocycles.